The molecule has 6 nitrogen and oxygen atoms in total. The van der Waals surface area contributed by atoms with Gasteiger partial charge in [-0.2, -0.15) is 0 Å². The smallest absolute Gasteiger partial charge is 0.223 e. The predicted molar refractivity (Wildman–Crippen MR) is 103 cm³/mol. The molecule has 26 heavy (non-hydrogen) atoms. The maximum atomic E-state index is 4.81. The Kier molecular flexibility index (Phi) is 4.08. The molecule has 130 valence electrons. The number of anilines is 1. The van der Waals surface area contributed by atoms with E-state index in [2.05, 4.69) is 29.1 Å². The summed E-state index contributed by atoms with van der Waals surface area (Å²) in [5.41, 5.74) is 5.18. The number of pyridine rings is 2. The highest BCUT2D eigenvalue weighted by molar-refractivity contribution is 5.79. The molecule has 4 rings (SSSR count). The van der Waals surface area contributed by atoms with Gasteiger partial charge in [-0.1, -0.05) is 12.1 Å². The van der Waals surface area contributed by atoms with Crippen LogP contribution in [0.5, 0.6) is 0 Å². The number of hydrogen-bond acceptors (Lipinski definition) is 5. The van der Waals surface area contributed by atoms with E-state index in [1.165, 1.54) is 0 Å². The molecule has 0 saturated heterocycles. The van der Waals surface area contributed by atoms with Gasteiger partial charge in [0.05, 0.1) is 11.4 Å². The predicted octanol–water partition coefficient (Wildman–Crippen LogP) is 3.98. The molecule has 0 aromatic carbocycles. The Bertz CT molecular complexity index is 1070. The molecule has 0 aliphatic rings. The SMILES string of the molecule is Cc1cccc(-c2nc3ccccn3c2-c2ccnc(NC(C)C)n2)n1. The van der Waals surface area contributed by atoms with E-state index in [1.807, 2.05) is 60.0 Å². The Morgan fingerprint density at radius 3 is 2.62 bits per heavy atom. The maximum absolute atomic E-state index is 4.81. The summed E-state index contributed by atoms with van der Waals surface area (Å²) in [4.78, 5) is 18.5. The first-order chi connectivity index (χ1) is 12.6. The van der Waals surface area contributed by atoms with Crippen molar-refractivity contribution in [1.82, 2.24) is 24.3 Å². The second-order valence-electron chi connectivity index (χ2n) is 6.47. The zero-order valence-corrected chi connectivity index (χ0v) is 15.0. The Morgan fingerprint density at radius 2 is 1.81 bits per heavy atom. The van der Waals surface area contributed by atoms with Gasteiger partial charge in [0.1, 0.15) is 17.0 Å². The zero-order chi connectivity index (χ0) is 18.1. The van der Waals surface area contributed by atoms with Gasteiger partial charge >= 0.3 is 0 Å². The first-order valence-corrected chi connectivity index (χ1v) is 8.63. The molecule has 0 bridgehead atoms. The van der Waals surface area contributed by atoms with Gasteiger partial charge in [0.25, 0.3) is 0 Å². The monoisotopic (exact) mass is 344 g/mol. The largest absolute Gasteiger partial charge is 0.352 e. The Morgan fingerprint density at radius 1 is 0.923 bits per heavy atom. The number of imidazole rings is 1. The van der Waals surface area contributed by atoms with Crippen LogP contribution in [0.3, 0.4) is 0 Å². The van der Waals surface area contributed by atoms with Crippen LogP contribution >= 0.6 is 0 Å². The van der Waals surface area contributed by atoms with Crippen LogP contribution in [0.2, 0.25) is 0 Å². The summed E-state index contributed by atoms with van der Waals surface area (Å²) < 4.78 is 2.04. The lowest BCUT2D eigenvalue weighted by Gasteiger charge is -2.10. The maximum Gasteiger partial charge on any atom is 0.223 e. The molecule has 0 unspecified atom stereocenters. The van der Waals surface area contributed by atoms with Gasteiger partial charge in [-0.05, 0) is 51.1 Å². The fourth-order valence-electron chi connectivity index (χ4n) is 2.91. The minimum atomic E-state index is 0.255. The van der Waals surface area contributed by atoms with Crippen LogP contribution < -0.4 is 5.32 Å². The highest BCUT2D eigenvalue weighted by Crippen LogP contribution is 2.31. The first kappa shape index (κ1) is 16.2. The van der Waals surface area contributed by atoms with E-state index in [4.69, 9.17) is 9.97 Å². The number of nitrogens with one attached hydrogen (secondary N) is 1. The van der Waals surface area contributed by atoms with Crippen molar-refractivity contribution in [2.75, 3.05) is 5.32 Å². The van der Waals surface area contributed by atoms with Gasteiger partial charge in [-0.15, -0.1) is 0 Å². The van der Waals surface area contributed by atoms with Crippen LogP contribution in [-0.2, 0) is 0 Å². The van der Waals surface area contributed by atoms with Crippen molar-refractivity contribution in [2.45, 2.75) is 26.8 Å². The van der Waals surface area contributed by atoms with Crippen molar-refractivity contribution >= 4 is 11.6 Å². The number of aromatic nitrogens is 5. The molecular weight excluding hydrogens is 324 g/mol. The first-order valence-electron chi connectivity index (χ1n) is 8.63. The van der Waals surface area contributed by atoms with Crippen LogP contribution in [-0.4, -0.2) is 30.4 Å². The summed E-state index contributed by atoms with van der Waals surface area (Å²) in [6.45, 7) is 6.10. The highest BCUT2D eigenvalue weighted by atomic mass is 15.1. The van der Waals surface area contributed by atoms with Gasteiger partial charge in [0.2, 0.25) is 5.95 Å². The van der Waals surface area contributed by atoms with E-state index in [0.29, 0.717) is 5.95 Å². The quantitative estimate of drug-likeness (QED) is 0.606. The van der Waals surface area contributed by atoms with Crippen molar-refractivity contribution < 1.29 is 0 Å². The van der Waals surface area contributed by atoms with Gasteiger partial charge in [0.15, 0.2) is 0 Å². The average Bonchev–Trinajstić information content (AvgIpc) is 3.01. The number of nitrogens with zero attached hydrogens (tertiary/aromatic N) is 5. The molecule has 0 aliphatic carbocycles. The van der Waals surface area contributed by atoms with E-state index in [9.17, 15) is 0 Å². The van der Waals surface area contributed by atoms with Gasteiger partial charge in [0, 0.05) is 24.1 Å². The Labute approximate surface area is 152 Å². The fraction of sp³-hybridized carbons (Fsp3) is 0.200. The number of aryl methyl sites for hydroxylation is 1. The summed E-state index contributed by atoms with van der Waals surface area (Å²) in [6, 6.07) is 14.1. The molecule has 0 atom stereocenters. The molecule has 0 saturated carbocycles. The molecule has 0 spiro atoms. The number of rotatable bonds is 4. The van der Waals surface area contributed by atoms with E-state index < -0.39 is 0 Å². The van der Waals surface area contributed by atoms with Gasteiger partial charge in [-0.25, -0.2) is 15.0 Å². The van der Waals surface area contributed by atoms with E-state index in [0.717, 1.165) is 34.1 Å². The second kappa shape index (κ2) is 6.55. The summed E-state index contributed by atoms with van der Waals surface area (Å²) in [5.74, 6) is 0.603. The molecule has 1 N–H and O–H groups in total. The zero-order valence-electron chi connectivity index (χ0n) is 15.0. The van der Waals surface area contributed by atoms with Crippen molar-refractivity contribution in [3.63, 3.8) is 0 Å². The van der Waals surface area contributed by atoms with Crippen LogP contribution in [0.1, 0.15) is 19.5 Å². The third-order valence-electron chi connectivity index (χ3n) is 3.98. The van der Waals surface area contributed by atoms with E-state index in [-0.39, 0.29) is 6.04 Å². The number of fused-ring (bicyclic) bond motifs is 1. The van der Waals surface area contributed by atoms with Crippen molar-refractivity contribution in [3.8, 4) is 22.8 Å². The lowest BCUT2D eigenvalue weighted by Crippen LogP contribution is -2.12. The minimum absolute atomic E-state index is 0.255. The average molecular weight is 344 g/mol. The summed E-state index contributed by atoms with van der Waals surface area (Å²) in [5, 5.41) is 3.26. The molecule has 4 aromatic heterocycles. The lowest BCUT2D eigenvalue weighted by atomic mass is 10.1. The van der Waals surface area contributed by atoms with Crippen LogP contribution in [0, 0.1) is 6.92 Å². The third kappa shape index (κ3) is 3.01. The van der Waals surface area contributed by atoms with Gasteiger partial charge < -0.3 is 5.32 Å². The minimum Gasteiger partial charge on any atom is -0.352 e. The van der Waals surface area contributed by atoms with Crippen LogP contribution in [0.15, 0.2) is 54.9 Å². The molecule has 0 amide bonds. The van der Waals surface area contributed by atoms with E-state index >= 15 is 0 Å². The fourth-order valence-corrected chi connectivity index (χ4v) is 2.91. The van der Waals surface area contributed by atoms with Crippen molar-refractivity contribution in [2.24, 2.45) is 0 Å². The van der Waals surface area contributed by atoms with Crippen molar-refractivity contribution in [1.29, 1.82) is 0 Å². The third-order valence-corrected chi connectivity index (χ3v) is 3.98. The summed E-state index contributed by atoms with van der Waals surface area (Å²) in [7, 11) is 0. The Hall–Kier alpha value is -3.28. The Balaban J connectivity index is 1.95. The molecule has 4 heterocycles. The summed E-state index contributed by atoms with van der Waals surface area (Å²) >= 11 is 0. The highest BCUT2D eigenvalue weighted by Gasteiger charge is 2.18. The summed E-state index contributed by atoms with van der Waals surface area (Å²) in [6.07, 6.45) is 3.76. The molecule has 0 aliphatic heterocycles. The number of hydrogen-bond donors (Lipinski definition) is 1. The van der Waals surface area contributed by atoms with Crippen LogP contribution in [0.25, 0.3) is 28.4 Å². The van der Waals surface area contributed by atoms with Crippen LogP contribution in [0.4, 0.5) is 5.95 Å². The molecule has 0 fully saturated rings. The van der Waals surface area contributed by atoms with Gasteiger partial charge in [-0.3, -0.25) is 9.38 Å². The lowest BCUT2D eigenvalue weighted by molar-refractivity contribution is 0.874. The normalized spacial score (nSPS) is 11.2. The van der Waals surface area contributed by atoms with E-state index in [1.54, 1.807) is 6.20 Å². The topological polar surface area (TPSA) is 68.0 Å². The standard InChI is InChI=1S/C20H20N6/c1-13(2)22-20-21-11-10-16(24-20)19-18(15-8-6-7-14(3)23-15)25-17-9-4-5-12-26(17)19/h4-13H,1-3H3,(H,21,22,24). The second-order valence-corrected chi connectivity index (χ2v) is 6.47. The molecular formula is C20H20N6. The van der Waals surface area contributed by atoms with Crippen molar-refractivity contribution in [3.05, 3.63) is 60.6 Å². The molecule has 4 aromatic rings. The molecule has 6 heteroatoms. The molecule has 0 radical (unpaired) electrons.